The van der Waals surface area contributed by atoms with Crippen LogP contribution in [0.3, 0.4) is 0 Å². The Bertz CT molecular complexity index is 450. The molecule has 0 fully saturated rings. The molecule has 1 atom stereocenters. The van der Waals surface area contributed by atoms with Gasteiger partial charge >= 0.3 is 5.97 Å². The smallest absolute Gasteiger partial charge is 0.316 e. The summed E-state index contributed by atoms with van der Waals surface area (Å²) in [6, 6.07) is 7.01. The fraction of sp³-hybridized carbons (Fsp3) is 0.385. The number of methoxy groups -OCH3 is 1. The van der Waals surface area contributed by atoms with Crippen LogP contribution in [0.4, 0.5) is 5.69 Å². The highest BCUT2D eigenvalue weighted by molar-refractivity contribution is 8.01. The Morgan fingerprint density at radius 2 is 2.21 bits per heavy atom. The Morgan fingerprint density at radius 3 is 2.79 bits per heavy atom. The second-order valence-electron chi connectivity index (χ2n) is 3.83. The van der Waals surface area contributed by atoms with E-state index in [2.05, 4.69) is 5.32 Å². The number of thioether (sulfide) groups is 1. The number of amides is 1. The van der Waals surface area contributed by atoms with Crippen LogP contribution in [0, 0.1) is 0 Å². The molecule has 0 aliphatic heterocycles. The fourth-order valence-corrected chi connectivity index (χ4v) is 2.24. The second kappa shape index (κ2) is 7.68. The molecule has 1 amide bonds. The Balaban J connectivity index is 2.48. The summed E-state index contributed by atoms with van der Waals surface area (Å²) in [6.07, 6.45) is 0.492. The first-order valence-corrected chi connectivity index (χ1v) is 6.90. The maximum Gasteiger partial charge on any atom is 0.316 e. The molecule has 2 N–H and O–H groups in total. The molecule has 0 radical (unpaired) electrons. The molecule has 19 heavy (non-hydrogen) atoms. The lowest BCUT2D eigenvalue weighted by atomic mass is 10.3. The van der Waals surface area contributed by atoms with E-state index in [0.29, 0.717) is 17.9 Å². The number of carboxylic acid groups (broad SMARTS) is 1. The van der Waals surface area contributed by atoms with Crippen LogP contribution in [0.5, 0.6) is 5.75 Å². The molecule has 104 valence electrons. The second-order valence-corrected chi connectivity index (χ2v) is 5.02. The van der Waals surface area contributed by atoms with Crippen molar-refractivity contribution in [1.29, 1.82) is 0 Å². The van der Waals surface area contributed by atoms with Gasteiger partial charge in [0.1, 0.15) is 11.0 Å². The lowest BCUT2D eigenvalue weighted by Crippen LogP contribution is -2.20. The number of nitrogens with one attached hydrogen (secondary N) is 1. The van der Waals surface area contributed by atoms with Crippen LogP contribution in [0.1, 0.15) is 13.3 Å². The van der Waals surface area contributed by atoms with Crippen molar-refractivity contribution in [3.8, 4) is 5.75 Å². The molecule has 5 nitrogen and oxygen atoms in total. The molecule has 1 unspecified atom stereocenters. The topological polar surface area (TPSA) is 75.6 Å². The van der Waals surface area contributed by atoms with Crippen LogP contribution in [-0.4, -0.2) is 35.1 Å². The van der Waals surface area contributed by atoms with Gasteiger partial charge in [-0.05, 0) is 18.6 Å². The maximum absolute atomic E-state index is 11.7. The molecule has 1 rings (SSSR count). The summed E-state index contributed by atoms with van der Waals surface area (Å²) in [4.78, 5) is 22.5. The first-order chi connectivity index (χ1) is 9.06. The lowest BCUT2D eigenvalue weighted by molar-refractivity contribution is -0.136. The molecule has 0 heterocycles. The fourth-order valence-electron chi connectivity index (χ4n) is 1.44. The number of hydrogen-bond donors (Lipinski definition) is 2. The van der Waals surface area contributed by atoms with Gasteiger partial charge in [0.05, 0.1) is 12.9 Å². The van der Waals surface area contributed by atoms with Crippen molar-refractivity contribution in [2.24, 2.45) is 0 Å². The van der Waals surface area contributed by atoms with E-state index in [1.807, 2.05) is 0 Å². The average Bonchev–Trinajstić information content (AvgIpc) is 2.39. The zero-order valence-corrected chi connectivity index (χ0v) is 11.7. The molecule has 0 spiro atoms. The number of benzene rings is 1. The Kier molecular flexibility index (Phi) is 6.21. The van der Waals surface area contributed by atoms with Gasteiger partial charge in [-0.2, -0.15) is 0 Å². The van der Waals surface area contributed by atoms with Crippen molar-refractivity contribution in [1.82, 2.24) is 0 Å². The minimum atomic E-state index is -0.887. The van der Waals surface area contributed by atoms with Gasteiger partial charge in [-0.3, -0.25) is 9.59 Å². The van der Waals surface area contributed by atoms with E-state index in [-0.39, 0.29) is 11.7 Å². The quantitative estimate of drug-likeness (QED) is 0.802. The third kappa shape index (κ3) is 5.21. The zero-order chi connectivity index (χ0) is 14.3. The van der Waals surface area contributed by atoms with Crippen LogP contribution in [0.2, 0.25) is 0 Å². The standard InChI is InChI=1S/C13H17NO4S/c1-3-11(13(16)17)19-8-12(15)14-9-5-4-6-10(7-9)18-2/h4-7,11H,3,8H2,1-2H3,(H,14,15)(H,16,17). The van der Waals surface area contributed by atoms with Crippen molar-refractivity contribution < 1.29 is 19.4 Å². The number of hydrogen-bond acceptors (Lipinski definition) is 4. The Labute approximate surface area is 116 Å². The average molecular weight is 283 g/mol. The summed E-state index contributed by atoms with van der Waals surface area (Å²) in [5.41, 5.74) is 0.633. The monoisotopic (exact) mass is 283 g/mol. The van der Waals surface area contributed by atoms with Gasteiger partial charge in [0.15, 0.2) is 0 Å². The number of carbonyl (C=O) groups excluding carboxylic acids is 1. The highest BCUT2D eigenvalue weighted by Crippen LogP contribution is 2.18. The van der Waals surface area contributed by atoms with Gasteiger partial charge in [0, 0.05) is 11.8 Å². The summed E-state index contributed by atoms with van der Waals surface area (Å²) in [7, 11) is 1.55. The maximum atomic E-state index is 11.7. The molecule has 0 bridgehead atoms. The molecule has 0 saturated heterocycles. The van der Waals surface area contributed by atoms with Crippen molar-refractivity contribution in [3.63, 3.8) is 0 Å². The predicted octanol–water partition coefficient (Wildman–Crippen LogP) is 2.23. The molecule has 6 heteroatoms. The first kappa shape index (κ1) is 15.4. The molecular formula is C13H17NO4S. The molecule has 0 saturated carbocycles. The number of anilines is 1. The van der Waals surface area contributed by atoms with Crippen LogP contribution in [0.25, 0.3) is 0 Å². The summed E-state index contributed by atoms with van der Waals surface area (Å²) >= 11 is 1.12. The molecule has 1 aromatic carbocycles. The van der Waals surface area contributed by atoms with Gasteiger partial charge in [0.2, 0.25) is 5.91 Å². The zero-order valence-electron chi connectivity index (χ0n) is 10.9. The van der Waals surface area contributed by atoms with Crippen LogP contribution in [-0.2, 0) is 9.59 Å². The number of ether oxygens (including phenoxy) is 1. The minimum Gasteiger partial charge on any atom is -0.497 e. The third-order valence-electron chi connectivity index (χ3n) is 2.42. The van der Waals surface area contributed by atoms with E-state index < -0.39 is 11.2 Å². The van der Waals surface area contributed by atoms with E-state index in [9.17, 15) is 9.59 Å². The first-order valence-electron chi connectivity index (χ1n) is 5.85. The third-order valence-corrected chi connectivity index (χ3v) is 3.78. The van der Waals surface area contributed by atoms with E-state index in [0.717, 1.165) is 11.8 Å². The normalized spacial score (nSPS) is 11.7. The Morgan fingerprint density at radius 1 is 1.47 bits per heavy atom. The minimum absolute atomic E-state index is 0.113. The highest BCUT2D eigenvalue weighted by atomic mass is 32.2. The highest BCUT2D eigenvalue weighted by Gasteiger charge is 2.17. The van der Waals surface area contributed by atoms with Crippen LogP contribution >= 0.6 is 11.8 Å². The molecular weight excluding hydrogens is 266 g/mol. The van der Waals surface area contributed by atoms with Crippen LogP contribution in [0.15, 0.2) is 24.3 Å². The molecule has 0 aromatic heterocycles. The van der Waals surface area contributed by atoms with Gasteiger partial charge in [-0.25, -0.2) is 0 Å². The molecule has 1 aromatic rings. The summed E-state index contributed by atoms with van der Waals surface area (Å²) in [5, 5.41) is 11.0. The van der Waals surface area contributed by atoms with E-state index in [1.54, 1.807) is 38.3 Å². The van der Waals surface area contributed by atoms with Gasteiger partial charge in [-0.1, -0.05) is 13.0 Å². The largest absolute Gasteiger partial charge is 0.497 e. The number of rotatable bonds is 7. The van der Waals surface area contributed by atoms with Crippen molar-refractivity contribution >= 4 is 29.3 Å². The summed E-state index contributed by atoms with van der Waals surface area (Å²) in [6.45, 7) is 1.78. The SMILES string of the molecule is CCC(SCC(=O)Nc1cccc(OC)c1)C(=O)O. The lowest BCUT2D eigenvalue weighted by Gasteiger charge is -2.10. The number of carboxylic acids is 1. The van der Waals surface area contributed by atoms with Crippen LogP contribution < -0.4 is 10.1 Å². The predicted molar refractivity (Wildman–Crippen MR) is 75.8 cm³/mol. The van der Waals surface area contributed by atoms with Gasteiger partial charge in [-0.15, -0.1) is 11.8 Å². The number of aliphatic carboxylic acids is 1. The van der Waals surface area contributed by atoms with Crippen molar-refractivity contribution in [2.75, 3.05) is 18.2 Å². The van der Waals surface area contributed by atoms with E-state index in [4.69, 9.17) is 9.84 Å². The molecule has 0 aliphatic carbocycles. The van der Waals surface area contributed by atoms with E-state index in [1.165, 1.54) is 0 Å². The van der Waals surface area contributed by atoms with Gasteiger partial charge < -0.3 is 15.2 Å². The Hall–Kier alpha value is -1.69. The summed E-state index contributed by atoms with van der Waals surface area (Å²) < 4.78 is 5.05. The summed E-state index contributed by atoms with van der Waals surface area (Å²) in [5.74, 6) is -0.343. The van der Waals surface area contributed by atoms with Crippen molar-refractivity contribution in [3.05, 3.63) is 24.3 Å². The number of carbonyl (C=O) groups is 2. The van der Waals surface area contributed by atoms with Gasteiger partial charge in [0.25, 0.3) is 0 Å². The molecule has 0 aliphatic rings. The van der Waals surface area contributed by atoms with Crippen molar-refractivity contribution in [2.45, 2.75) is 18.6 Å². The van der Waals surface area contributed by atoms with E-state index >= 15 is 0 Å².